The van der Waals surface area contributed by atoms with Crippen molar-refractivity contribution in [1.82, 2.24) is 10.2 Å². The number of amides is 2. The topological polar surface area (TPSA) is 49.4 Å². The highest BCUT2D eigenvalue weighted by Crippen LogP contribution is 2.24. The van der Waals surface area contributed by atoms with Crippen LogP contribution in [0.2, 0.25) is 15.1 Å². The van der Waals surface area contributed by atoms with Crippen molar-refractivity contribution in [3.8, 4) is 0 Å². The van der Waals surface area contributed by atoms with Gasteiger partial charge in [-0.05, 0) is 55.2 Å². The number of hydrogen-bond donors (Lipinski definition) is 1. The van der Waals surface area contributed by atoms with Gasteiger partial charge in [0.15, 0.2) is 0 Å². The molecule has 1 fully saturated rings. The molecule has 7 heteroatoms. The molecule has 1 atom stereocenters. The van der Waals surface area contributed by atoms with E-state index in [1.54, 1.807) is 36.1 Å². The van der Waals surface area contributed by atoms with E-state index in [1.165, 1.54) is 6.42 Å². The van der Waals surface area contributed by atoms with Gasteiger partial charge in [0.05, 0.1) is 16.5 Å². The molecule has 0 aliphatic heterocycles. The first-order valence-electron chi connectivity index (χ1n) is 10.6. The average molecular weight is 482 g/mol. The quantitative estimate of drug-likeness (QED) is 0.523. The van der Waals surface area contributed by atoms with E-state index in [-0.39, 0.29) is 30.8 Å². The third kappa shape index (κ3) is 6.86. The maximum Gasteiger partial charge on any atom is 0.242 e. The van der Waals surface area contributed by atoms with Gasteiger partial charge in [-0.25, -0.2) is 0 Å². The Kier molecular flexibility index (Phi) is 8.65. The molecule has 166 valence electrons. The van der Waals surface area contributed by atoms with Crippen LogP contribution in [-0.2, 0) is 22.6 Å². The molecule has 1 aliphatic rings. The van der Waals surface area contributed by atoms with Gasteiger partial charge >= 0.3 is 0 Å². The van der Waals surface area contributed by atoms with Crippen LogP contribution in [0.5, 0.6) is 0 Å². The summed E-state index contributed by atoms with van der Waals surface area (Å²) in [5.74, 6) is -0.286. The fourth-order valence-electron chi connectivity index (χ4n) is 3.91. The minimum absolute atomic E-state index is 0.133. The van der Waals surface area contributed by atoms with Gasteiger partial charge in [0.1, 0.15) is 6.04 Å². The molecule has 2 aromatic rings. The molecule has 1 saturated carbocycles. The molecule has 3 rings (SSSR count). The number of benzene rings is 2. The molecule has 31 heavy (non-hydrogen) atoms. The molecule has 1 aliphatic carbocycles. The lowest BCUT2D eigenvalue weighted by Gasteiger charge is -2.31. The second-order valence-electron chi connectivity index (χ2n) is 8.10. The molecule has 0 radical (unpaired) electrons. The zero-order valence-electron chi connectivity index (χ0n) is 17.5. The largest absolute Gasteiger partial charge is 0.352 e. The third-order valence-electron chi connectivity index (χ3n) is 5.70. The van der Waals surface area contributed by atoms with Crippen molar-refractivity contribution in [2.75, 3.05) is 0 Å². The van der Waals surface area contributed by atoms with Crippen LogP contribution in [-0.4, -0.2) is 28.8 Å². The predicted molar refractivity (Wildman–Crippen MR) is 127 cm³/mol. The number of carbonyl (C=O) groups is 2. The molecule has 0 bridgehead atoms. The Morgan fingerprint density at radius 2 is 1.74 bits per heavy atom. The Labute approximate surface area is 198 Å². The summed E-state index contributed by atoms with van der Waals surface area (Å²) in [7, 11) is 0. The van der Waals surface area contributed by atoms with Crippen molar-refractivity contribution in [2.45, 2.75) is 64.1 Å². The van der Waals surface area contributed by atoms with Crippen LogP contribution in [0, 0.1) is 0 Å². The standard InChI is InChI=1S/C24H27Cl3N2O2/c1-16(24(31)28-20-8-3-2-4-9-20)29(15-18-10-11-21(26)22(27)13-18)23(30)14-17-6-5-7-19(25)12-17/h5-7,10-13,16,20H,2-4,8-9,14-15H2,1H3,(H,28,31)/t16-/m0/s1. The highest BCUT2D eigenvalue weighted by molar-refractivity contribution is 6.42. The van der Waals surface area contributed by atoms with Gasteiger partial charge in [-0.15, -0.1) is 0 Å². The minimum Gasteiger partial charge on any atom is -0.352 e. The van der Waals surface area contributed by atoms with E-state index in [0.717, 1.165) is 36.8 Å². The third-order valence-corrected chi connectivity index (χ3v) is 6.67. The molecular weight excluding hydrogens is 455 g/mol. The Balaban J connectivity index is 1.78. The van der Waals surface area contributed by atoms with Crippen LogP contribution < -0.4 is 5.32 Å². The number of halogens is 3. The molecule has 0 aromatic heterocycles. The molecule has 0 heterocycles. The lowest BCUT2D eigenvalue weighted by Crippen LogP contribution is -2.50. The summed E-state index contributed by atoms with van der Waals surface area (Å²) < 4.78 is 0. The van der Waals surface area contributed by atoms with E-state index in [2.05, 4.69) is 5.32 Å². The Morgan fingerprint density at radius 3 is 2.42 bits per heavy atom. The van der Waals surface area contributed by atoms with Crippen LogP contribution in [0.4, 0.5) is 0 Å². The first-order chi connectivity index (χ1) is 14.8. The Hall–Kier alpha value is -1.75. The number of rotatable bonds is 7. The van der Waals surface area contributed by atoms with Crippen LogP contribution in [0.15, 0.2) is 42.5 Å². The monoisotopic (exact) mass is 480 g/mol. The predicted octanol–water partition coefficient (Wildman–Crippen LogP) is 6.06. The van der Waals surface area contributed by atoms with Crippen LogP contribution in [0.1, 0.15) is 50.2 Å². The number of nitrogens with one attached hydrogen (secondary N) is 1. The summed E-state index contributed by atoms with van der Waals surface area (Å²) in [6.07, 6.45) is 5.59. The van der Waals surface area contributed by atoms with E-state index in [0.29, 0.717) is 15.1 Å². The Morgan fingerprint density at radius 1 is 1.00 bits per heavy atom. The highest BCUT2D eigenvalue weighted by Gasteiger charge is 2.28. The summed E-state index contributed by atoms with van der Waals surface area (Å²) in [4.78, 5) is 27.9. The highest BCUT2D eigenvalue weighted by atomic mass is 35.5. The maximum atomic E-state index is 13.3. The summed E-state index contributed by atoms with van der Waals surface area (Å²) in [6, 6.07) is 12.0. The second-order valence-corrected chi connectivity index (χ2v) is 9.35. The smallest absolute Gasteiger partial charge is 0.242 e. The normalized spacial score (nSPS) is 15.4. The molecular formula is C24H27Cl3N2O2. The van der Waals surface area contributed by atoms with Crippen molar-refractivity contribution >= 4 is 46.6 Å². The van der Waals surface area contributed by atoms with Gasteiger partial charge < -0.3 is 10.2 Å². The van der Waals surface area contributed by atoms with Crippen molar-refractivity contribution in [2.24, 2.45) is 0 Å². The van der Waals surface area contributed by atoms with Gasteiger partial charge in [0.25, 0.3) is 0 Å². The molecule has 2 amide bonds. The Bertz CT molecular complexity index is 929. The zero-order chi connectivity index (χ0) is 22.4. The van der Waals surface area contributed by atoms with Crippen LogP contribution in [0.25, 0.3) is 0 Å². The number of nitrogens with zero attached hydrogens (tertiary/aromatic N) is 1. The molecule has 4 nitrogen and oxygen atoms in total. The first kappa shape index (κ1) is 23.9. The first-order valence-corrected chi connectivity index (χ1v) is 11.7. The summed E-state index contributed by atoms with van der Waals surface area (Å²) in [5, 5.41) is 4.57. The molecule has 2 aromatic carbocycles. The van der Waals surface area contributed by atoms with Gasteiger partial charge in [-0.1, -0.05) is 72.3 Å². The van der Waals surface area contributed by atoms with Gasteiger partial charge in [0.2, 0.25) is 11.8 Å². The van der Waals surface area contributed by atoms with Crippen molar-refractivity contribution < 1.29 is 9.59 Å². The number of hydrogen-bond acceptors (Lipinski definition) is 2. The van der Waals surface area contributed by atoms with Crippen molar-refractivity contribution in [3.63, 3.8) is 0 Å². The molecule has 0 spiro atoms. The number of carbonyl (C=O) groups excluding carboxylic acids is 2. The SMILES string of the molecule is C[C@@H](C(=O)NC1CCCCC1)N(Cc1ccc(Cl)c(Cl)c1)C(=O)Cc1cccc(Cl)c1. The summed E-state index contributed by atoms with van der Waals surface area (Å²) in [6.45, 7) is 2.03. The van der Waals surface area contributed by atoms with Gasteiger partial charge in [0, 0.05) is 17.6 Å². The lowest BCUT2D eigenvalue weighted by molar-refractivity contribution is -0.140. The fourth-order valence-corrected chi connectivity index (χ4v) is 4.44. The lowest BCUT2D eigenvalue weighted by atomic mass is 9.95. The van der Waals surface area contributed by atoms with E-state index < -0.39 is 6.04 Å². The molecule has 0 saturated heterocycles. The van der Waals surface area contributed by atoms with Crippen molar-refractivity contribution in [1.29, 1.82) is 0 Å². The van der Waals surface area contributed by atoms with Gasteiger partial charge in [-0.3, -0.25) is 9.59 Å². The van der Waals surface area contributed by atoms with E-state index in [9.17, 15) is 9.59 Å². The van der Waals surface area contributed by atoms with Crippen molar-refractivity contribution in [3.05, 3.63) is 68.7 Å². The van der Waals surface area contributed by atoms with E-state index in [4.69, 9.17) is 34.8 Å². The van der Waals surface area contributed by atoms with Gasteiger partial charge in [-0.2, -0.15) is 0 Å². The average Bonchev–Trinajstić information content (AvgIpc) is 2.74. The molecule has 0 unspecified atom stereocenters. The maximum absolute atomic E-state index is 13.3. The zero-order valence-corrected chi connectivity index (χ0v) is 19.8. The minimum atomic E-state index is -0.622. The van der Waals surface area contributed by atoms with Crippen LogP contribution in [0.3, 0.4) is 0 Å². The second kappa shape index (κ2) is 11.2. The fraction of sp³-hybridized carbons (Fsp3) is 0.417. The van der Waals surface area contributed by atoms with Crippen LogP contribution >= 0.6 is 34.8 Å². The van der Waals surface area contributed by atoms with E-state index in [1.807, 2.05) is 18.2 Å². The molecule has 1 N–H and O–H groups in total. The summed E-state index contributed by atoms with van der Waals surface area (Å²) in [5.41, 5.74) is 1.61. The van der Waals surface area contributed by atoms with E-state index >= 15 is 0 Å². The summed E-state index contributed by atoms with van der Waals surface area (Å²) >= 11 is 18.3.